The van der Waals surface area contributed by atoms with E-state index >= 15 is 0 Å². The van der Waals surface area contributed by atoms with E-state index in [1.807, 2.05) is 36.5 Å². The van der Waals surface area contributed by atoms with Crippen molar-refractivity contribution in [3.05, 3.63) is 58.7 Å². The standard InChI is InChI=1S/C13H14O2/c14-8-12-6-10-3-1-2-4-11(5-10)7-13(12)9-15/h1-4,6-7,14-15H,5,8-9H2. The largest absolute Gasteiger partial charge is 0.392 e. The average Bonchev–Trinajstić information content (AvgIpc) is 2.58. The first-order valence-electron chi connectivity index (χ1n) is 5.03. The molecule has 2 aliphatic rings. The molecule has 0 atom stereocenters. The quantitative estimate of drug-likeness (QED) is 0.714. The minimum absolute atomic E-state index is 0.0271. The van der Waals surface area contributed by atoms with E-state index in [0.717, 1.165) is 17.6 Å². The number of allylic oxidation sites excluding steroid dienone is 8. The van der Waals surface area contributed by atoms with Gasteiger partial charge in [0.05, 0.1) is 13.2 Å². The summed E-state index contributed by atoms with van der Waals surface area (Å²) in [7, 11) is 0. The molecule has 0 fully saturated rings. The second kappa shape index (κ2) is 4.43. The van der Waals surface area contributed by atoms with Gasteiger partial charge in [0.1, 0.15) is 0 Å². The zero-order valence-electron chi connectivity index (χ0n) is 8.48. The molecule has 15 heavy (non-hydrogen) atoms. The van der Waals surface area contributed by atoms with Gasteiger partial charge in [0.25, 0.3) is 0 Å². The summed E-state index contributed by atoms with van der Waals surface area (Å²) in [4.78, 5) is 0. The lowest BCUT2D eigenvalue weighted by Crippen LogP contribution is -1.99. The van der Waals surface area contributed by atoms with Crippen molar-refractivity contribution < 1.29 is 10.2 Å². The van der Waals surface area contributed by atoms with Crippen LogP contribution in [0.25, 0.3) is 0 Å². The van der Waals surface area contributed by atoms with E-state index in [1.54, 1.807) is 0 Å². The van der Waals surface area contributed by atoms with Crippen LogP contribution in [-0.4, -0.2) is 23.4 Å². The first kappa shape index (κ1) is 10.1. The van der Waals surface area contributed by atoms with Crippen LogP contribution in [0.5, 0.6) is 0 Å². The van der Waals surface area contributed by atoms with Crippen molar-refractivity contribution in [3.8, 4) is 0 Å². The summed E-state index contributed by atoms with van der Waals surface area (Å²) in [6, 6.07) is 0. The molecule has 2 N–H and O–H groups in total. The van der Waals surface area contributed by atoms with Gasteiger partial charge in [0.2, 0.25) is 0 Å². The Morgan fingerprint density at radius 1 is 0.867 bits per heavy atom. The Balaban J connectivity index is 2.49. The highest BCUT2D eigenvalue weighted by Gasteiger charge is 2.11. The van der Waals surface area contributed by atoms with E-state index in [1.165, 1.54) is 11.1 Å². The van der Waals surface area contributed by atoms with Crippen LogP contribution < -0.4 is 0 Å². The van der Waals surface area contributed by atoms with Crippen LogP contribution in [0.2, 0.25) is 0 Å². The molecule has 0 radical (unpaired) electrons. The zero-order chi connectivity index (χ0) is 10.7. The summed E-state index contributed by atoms with van der Waals surface area (Å²) < 4.78 is 0. The maximum absolute atomic E-state index is 9.22. The first-order chi connectivity index (χ1) is 7.33. The third-order valence-electron chi connectivity index (χ3n) is 2.61. The van der Waals surface area contributed by atoms with Crippen molar-refractivity contribution in [1.29, 1.82) is 0 Å². The molecule has 2 aliphatic carbocycles. The Morgan fingerprint density at radius 3 is 1.73 bits per heavy atom. The van der Waals surface area contributed by atoms with Gasteiger partial charge < -0.3 is 10.2 Å². The Morgan fingerprint density at radius 2 is 1.33 bits per heavy atom. The predicted octanol–water partition coefficient (Wildman–Crippen LogP) is 1.65. The maximum atomic E-state index is 9.22. The number of aliphatic hydroxyl groups excluding tert-OH is 2. The van der Waals surface area contributed by atoms with Gasteiger partial charge in [-0.05, 0) is 28.7 Å². The van der Waals surface area contributed by atoms with Crippen molar-refractivity contribution >= 4 is 0 Å². The molecule has 0 saturated heterocycles. The van der Waals surface area contributed by atoms with Crippen molar-refractivity contribution in [1.82, 2.24) is 0 Å². The fourth-order valence-electron chi connectivity index (χ4n) is 1.84. The van der Waals surface area contributed by atoms with Crippen LogP contribution >= 0.6 is 0 Å². The monoisotopic (exact) mass is 202 g/mol. The molecule has 0 spiro atoms. The highest BCUT2D eigenvalue weighted by Crippen LogP contribution is 2.26. The van der Waals surface area contributed by atoms with E-state index in [-0.39, 0.29) is 13.2 Å². The van der Waals surface area contributed by atoms with E-state index in [4.69, 9.17) is 0 Å². The minimum atomic E-state index is -0.0271. The molecule has 0 aliphatic heterocycles. The molecule has 2 bridgehead atoms. The summed E-state index contributed by atoms with van der Waals surface area (Å²) in [6.07, 6.45) is 12.8. The summed E-state index contributed by atoms with van der Waals surface area (Å²) in [6.45, 7) is -0.0541. The Kier molecular flexibility index (Phi) is 2.99. The second-order valence-corrected chi connectivity index (χ2v) is 3.70. The normalized spacial score (nSPS) is 19.6. The summed E-state index contributed by atoms with van der Waals surface area (Å²) in [5, 5.41) is 18.4. The van der Waals surface area contributed by atoms with Crippen LogP contribution in [-0.2, 0) is 0 Å². The molecule has 2 heteroatoms. The lowest BCUT2D eigenvalue weighted by Gasteiger charge is -2.04. The minimum Gasteiger partial charge on any atom is -0.392 e. The highest BCUT2D eigenvalue weighted by molar-refractivity contribution is 5.50. The molecule has 78 valence electrons. The van der Waals surface area contributed by atoms with Gasteiger partial charge in [-0.2, -0.15) is 0 Å². The zero-order valence-corrected chi connectivity index (χ0v) is 8.48. The number of hydrogen-bond acceptors (Lipinski definition) is 2. The molecule has 2 nitrogen and oxygen atoms in total. The molecular formula is C13H14O2. The van der Waals surface area contributed by atoms with E-state index in [2.05, 4.69) is 0 Å². The van der Waals surface area contributed by atoms with Crippen molar-refractivity contribution in [2.45, 2.75) is 6.42 Å². The third-order valence-corrected chi connectivity index (χ3v) is 2.61. The van der Waals surface area contributed by atoms with Gasteiger partial charge in [-0.3, -0.25) is 0 Å². The second-order valence-electron chi connectivity index (χ2n) is 3.70. The topological polar surface area (TPSA) is 40.5 Å². The van der Waals surface area contributed by atoms with E-state index < -0.39 is 0 Å². The summed E-state index contributed by atoms with van der Waals surface area (Å²) in [5.74, 6) is 0. The molecule has 0 unspecified atom stereocenters. The average molecular weight is 202 g/mol. The number of fused-ring (bicyclic) bond motifs is 2. The van der Waals surface area contributed by atoms with Gasteiger partial charge >= 0.3 is 0 Å². The van der Waals surface area contributed by atoms with Crippen LogP contribution in [0.15, 0.2) is 58.7 Å². The van der Waals surface area contributed by atoms with Gasteiger partial charge in [-0.15, -0.1) is 0 Å². The molecule has 2 rings (SSSR count). The van der Waals surface area contributed by atoms with Crippen molar-refractivity contribution in [2.24, 2.45) is 0 Å². The fourth-order valence-corrected chi connectivity index (χ4v) is 1.84. The summed E-state index contributed by atoms with van der Waals surface area (Å²) in [5.41, 5.74) is 3.95. The lowest BCUT2D eigenvalue weighted by molar-refractivity contribution is 0.311. The highest BCUT2D eigenvalue weighted by atomic mass is 16.3. The SMILES string of the molecule is OCC1=CC2=CC=CC=C(C=C1CO)C2. The number of aliphatic hydroxyl groups is 2. The Labute approximate surface area is 89.2 Å². The van der Waals surface area contributed by atoms with E-state index in [0.29, 0.717) is 0 Å². The van der Waals surface area contributed by atoms with Gasteiger partial charge in [0.15, 0.2) is 0 Å². The van der Waals surface area contributed by atoms with Crippen LogP contribution in [0.3, 0.4) is 0 Å². The molecule has 0 saturated carbocycles. The molecule has 0 heterocycles. The summed E-state index contributed by atoms with van der Waals surface area (Å²) >= 11 is 0. The first-order valence-corrected chi connectivity index (χ1v) is 5.03. The predicted molar refractivity (Wildman–Crippen MR) is 60.3 cm³/mol. The van der Waals surface area contributed by atoms with Crippen LogP contribution in [0.1, 0.15) is 6.42 Å². The van der Waals surface area contributed by atoms with Crippen LogP contribution in [0, 0.1) is 0 Å². The fraction of sp³-hybridized carbons (Fsp3) is 0.231. The molecule has 0 amide bonds. The Bertz CT molecular complexity index is 368. The van der Waals surface area contributed by atoms with Crippen molar-refractivity contribution in [2.75, 3.05) is 13.2 Å². The Hall–Kier alpha value is -1.38. The lowest BCUT2D eigenvalue weighted by atomic mass is 10.1. The molecular weight excluding hydrogens is 188 g/mol. The number of rotatable bonds is 2. The number of hydrogen-bond donors (Lipinski definition) is 2. The van der Waals surface area contributed by atoms with Gasteiger partial charge in [0, 0.05) is 0 Å². The molecule has 0 aromatic rings. The maximum Gasteiger partial charge on any atom is 0.0685 e. The smallest absolute Gasteiger partial charge is 0.0685 e. The van der Waals surface area contributed by atoms with Crippen molar-refractivity contribution in [3.63, 3.8) is 0 Å². The molecule has 0 aromatic heterocycles. The van der Waals surface area contributed by atoms with Crippen LogP contribution in [0.4, 0.5) is 0 Å². The van der Waals surface area contributed by atoms with E-state index in [9.17, 15) is 10.2 Å². The molecule has 0 aromatic carbocycles. The third kappa shape index (κ3) is 2.17. The van der Waals surface area contributed by atoms with Gasteiger partial charge in [-0.25, -0.2) is 0 Å². The van der Waals surface area contributed by atoms with Gasteiger partial charge in [-0.1, -0.05) is 36.5 Å².